The summed E-state index contributed by atoms with van der Waals surface area (Å²) < 4.78 is 8.79. The molecule has 0 radical (unpaired) electrons. The smallest absolute Gasteiger partial charge is 0.275 e. The Bertz CT molecular complexity index is 1700. The number of anilines is 3. The lowest BCUT2D eigenvalue weighted by molar-refractivity contribution is 0.0661. The first-order valence-electron chi connectivity index (χ1n) is 12.8. The van der Waals surface area contributed by atoms with Crippen LogP contribution in [0.4, 0.5) is 17.6 Å². The molecule has 4 N–H and O–H groups in total. The number of pyridine rings is 1. The molecule has 4 aromatic heterocycles. The maximum absolute atomic E-state index is 12.6. The average Bonchev–Trinajstić information content (AvgIpc) is 3.51. The Morgan fingerprint density at radius 1 is 1.07 bits per heavy atom. The maximum Gasteiger partial charge on any atom is 0.275 e. The molecule has 0 fully saturated rings. The first kappa shape index (κ1) is 27.0. The Labute approximate surface area is 229 Å². The SMILES string of the molecule is CC(C)n1c2nc(Nc3ncc(-c4nc(C(C)(C)O)no4)c(N[C@H](CO)c4ccccc4)n3)ccc2c(=O)n1C. The van der Waals surface area contributed by atoms with Crippen molar-refractivity contribution >= 4 is 28.6 Å². The third kappa shape index (κ3) is 5.16. The molecule has 13 heteroatoms. The molecule has 0 saturated carbocycles. The van der Waals surface area contributed by atoms with Crippen LogP contribution in [0.2, 0.25) is 0 Å². The summed E-state index contributed by atoms with van der Waals surface area (Å²) in [5.74, 6) is 1.16. The van der Waals surface area contributed by atoms with Gasteiger partial charge in [0.2, 0.25) is 11.8 Å². The highest BCUT2D eigenvalue weighted by molar-refractivity contribution is 5.77. The van der Waals surface area contributed by atoms with Crippen molar-refractivity contribution in [3.8, 4) is 11.5 Å². The van der Waals surface area contributed by atoms with E-state index in [1.165, 1.54) is 6.20 Å². The summed E-state index contributed by atoms with van der Waals surface area (Å²) in [6, 6.07) is 12.3. The molecule has 1 atom stereocenters. The van der Waals surface area contributed by atoms with Crippen molar-refractivity contribution in [2.75, 3.05) is 17.2 Å². The topological polar surface area (TPSA) is 169 Å². The minimum atomic E-state index is -1.31. The van der Waals surface area contributed by atoms with Crippen LogP contribution >= 0.6 is 0 Å². The van der Waals surface area contributed by atoms with Crippen LogP contribution in [0.1, 0.15) is 51.2 Å². The zero-order valence-electron chi connectivity index (χ0n) is 22.8. The zero-order valence-corrected chi connectivity index (χ0v) is 22.8. The summed E-state index contributed by atoms with van der Waals surface area (Å²) in [4.78, 5) is 30.7. The number of benzene rings is 1. The molecule has 5 rings (SSSR count). The second-order valence-electron chi connectivity index (χ2n) is 10.2. The van der Waals surface area contributed by atoms with Crippen molar-refractivity contribution in [2.45, 2.75) is 45.4 Å². The number of aromatic nitrogens is 7. The van der Waals surface area contributed by atoms with Crippen LogP contribution in [0.5, 0.6) is 0 Å². The lowest BCUT2D eigenvalue weighted by Gasteiger charge is -2.19. The summed E-state index contributed by atoms with van der Waals surface area (Å²) in [5, 5.41) is 31.2. The van der Waals surface area contributed by atoms with Gasteiger partial charge >= 0.3 is 0 Å². The highest BCUT2D eigenvalue weighted by Gasteiger charge is 2.26. The maximum atomic E-state index is 12.6. The van der Waals surface area contributed by atoms with Gasteiger partial charge in [-0.25, -0.2) is 9.97 Å². The Morgan fingerprint density at radius 2 is 1.82 bits per heavy atom. The molecule has 0 bridgehead atoms. The first-order valence-corrected chi connectivity index (χ1v) is 12.8. The summed E-state index contributed by atoms with van der Waals surface area (Å²) in [7, 11) is 1.71. The largest absolute Gasteiger partial charge is 0.394 e. The number of hydrogen-bond acceptors (Lipinski definition) is 11. The molecule has 5 aromatic rings. The number of nitrogens with zero attached hydrogens (tertiary/aromatic N) is 7. The standard InChI is InChI=1S/C27H31N9O4/c1-15(2)36-22-17(24(38)35(36)5)11-12-20(30-22)31-26-28-13-18(23-33-25(34-40-23)27(3,4)39)21(32-26)29-19(14-37)16-9-7-6-8-10-16/h6-13,15,19,37,39H,14H2,1-5H3,(H2,28,29,30,31,32)/t19-/m1/s1. The van der Waals surface area contributed by atoms with E-state index in [1.54, 1.807) is 37.7 Å². The molecule has 0 unspecified atom stereocenters. The summed E-state index contributed by atoms with van der Waals surface area (Å²) in [6.07, 6.45) is 1.50. The van der Waals surface area contributed by atoms with Crippen molar-refractivity contribution in [1.82, 2.24) is 34.5 Å². The van der Waals surface area contributed by atoms with E-state index in [0.717, 1.165) is 5.56 Å². The fourth-order valence-corrected chi connectivity index (χ4v) is 4.35. The third-order valence-electron chi connectivity index (χ3n) is 6.36. The summed E-state index contributed by atoms with van der Waals surface area (Å²) in [5.41, 5.74) is 0.318. The highest BCUT2D eigenvalue weighted by atomic mass is 16.5. The summed E-state index contributed by atoms with van der Waals surface area (Å²) >= 11 is 0. The molecule has 1 aromatic carbocycles. The van der Waals surface area contributed by atoms with Crippen LogP contribution < -0.4 is 16.2 Å². The molecule has 4 heterocycles. The van der Waals surface area contributed by atoms with Crippen molar-refractivity contribution < 1.29 is 14.7 Å². The quantitative estimate of drug-likeness (QED) is 0.214. The van der Waals surface area contributed by atoms with Crippen molar-refractivity contribution in [3.63, 3.8) is 0 Å². The van der Waals surface area contributed by atoms with Crippen LogP contribution in [0, 0.1) is 0 Å². The van der Waals surface area contributed by atoms with Crippen LogP contribution in [0.3, 0.4) is 0 Å². The predicted molar refractivity (Wildman–Crippen MR) is 149 cm³/mol. The number of fused-ring (bicyclic) bond motifs is 1. The molecule has 13 nitrogen and oxygen atoms in total. The van der Waals surface area contributed by atoms with Gasteiger partial charge in [0, 0.05) is 19.3 Å². The van der Waals surface area contributed by atoms with Crippen LogP contribution in [0.25, 0.3) is 22.5 Å². The van der Waals surface area contributed by atoms with Gasteiger partial charge in [-0.2, -0.15) is 9.97 Å². The minimum absolute atomic E-state index is 0.0147. The molecule has 0 aliphatic heterocycles. The zero-order chi connectivity index (χ0) is 28.6. The van der Waals surface area contributed by atoms with Gasteiger partial charge in [-0.3, -0.25) is 14.2 Å². The fraction of sp³-hybridized carbons (Fsp3) is 0.333. The normalized spacial score (nSPS) is 12.7. The van der Waals surface area contributed by atoms with Gasteiger partial charge in [-0.05, 0) is 45.4 Å². The molecular weight excluding hydrogens is 514 g/mol. The second kappa shape index (κ2) is 10.5. The third-order valence-corrected chi connectivity index (χ3v) is 6.36. The number of hydrogen-bond donors (Lipinski definition) is 4. The number of aliphatic hydroxyl groups excluding tert-OH is 1. The Morgan fingerprint density at radius 3 is 2.48 bits per heavy atom. The predicted octanol–water partition coefficient (Wildman–Crippen LogP) is 3.27. The Hall–Kier alpha value is -4.62. The van der Waals surface area contributed by atoms with Gasteiger partial charge in [0.1, 0.15) is 22.8 Å². The van der Waals surface area contributed by atoms with E-state index in [0.29, 0.717) is 28.2 Å². The number of nitrogens with one attached hydrogen (secondary N) is 2. The number of rotatable bonds is 9. The first-order chi connectivity index (χ1) is 19.1. The highest BCUT2D eigenvalue weighted by Crippen LogP contribution is 2.31. The summed E-state index contributed by atoms with van der Waals surface area (Å²) in [6.45, 7) is 6.85. The van der Waals surface area contributed by atoms with Crippen molar-refractivity contribution in [1.29, 1.82) is 0 Å². The average molecular weight is 546 g/mol. The van der Waals surface area contributed by atoms with E-state index in [4.69, 9.17) is 4.52 Å². The lowest BCUT2D eigenvalue weighted by Crippen LogP contribution is -2.20. The molecule has 40 heavy (non-hydrogen) atoms. The molecule has 0 saturated heterocycles. The molecule has 0 spiro atoms. The van der Waals surface area contributed by atoms with E-state index in [1.807, 2.05) is 48.9 Å². The van der Waals surface area contributed by atoms with Crippen LogP contribution in [0.15, 0.2) is 58.0 Å². The van der Waals surface area contributed by atoms with E-state index < -0.39 is 11.6 Å². The van der Waals surface area contributed by atoms with Gasteiger partial charge in [0.05, 0.1) is 18.0 Å². The molecule has 0 aliphatic carbocycles. The van der Waals surface area contributed by atoms with E-state index >= 15 is 0 Å². The molecule has 0 aliphatic rings. The van der Waals surface area contributed by atoms with Crippen molar-refractivity contribution in [2.24, 2.45) is 7.05 Å². The molecular formula is C27H31N9O4. The molecule has 208 valence electrons. The number of aliphatic hydroxyl groups is 2. The van der Waals surface area contributed by atoms with Crippen LogP contribution in [-0.4, -0.2) is 51.3 Å². The van der Waals surface area contributed by atoms with E-state index in [2.05, 4.69) is 35.7 Å². The van der Waals surface area contributed by atoms with E-state index in [9.17, 15) is 15.0 Å². The van der Waals surface area contributed by atoms with Gasteiger partial charge in [-0.15, -0.1) is 0 Å². The van der Waals surface area contributed by atoms with E-state index in [-0.39, 0.29) is 35.9 Å². The van der Waals surface area contributed by atoms with Gasteiger partial charge in [0.25, 0.3) is 11.4 Å². The van der Waals surface area contributed by atoms with Gasteiger partial charge < -0.3 is 25.4 Å². The fourth-order valence-electron chi connectivity index (χ4n) is 4.35. The minimum Gasteiger partial charge on any atom is -0.394 e. The second-order valence-corrected chi connectivity index (χ2v) is 10.2. The Kier molecular flexibility index (Phi) is 7.08. The van der Waals surface area contributed by atoms with Crippen molar-refractivity contribution in [3.05, 3.63) is 70.4 Å². The Balaban J connectivity index is 1.55. The van der Waals surface area contributed by atoms with Crippen LogP contribution in [-0.2, 0) is 12.6 Å². The monoisotopic (exact) mass is 545 g/mol. The lowest BCUT2D eigenvalue weighted by atomic mass is 10.1. The van der Waals surface area contributed by atoms with Gasteiger partial charge in [0.15, 0.2) is 5.65 Å². The van der Waals surface area contributed by atoms with Gasteiger partial charge in [-0.1, -0.05) is 35.5 Å². The molecule has 0 amide bonds.